The average Bonchev–Trinajstić information content (AvgIpc) is 2.13. The molecule has 0 saturated carbocycles. The van der Waals surface area contributed by atoms with E-state index in [-0.39, 0.29) is 6.04 Å². The summed E-state index contributed by atoms with van der Waals surface area (Å²) in [6, 6.07) is 0.0570. The smallest absolute Gasteiger partial charge is 0.396 e. The van der Waals surface area contributed by atoms with Crippen LogP contribution in [0.25, 0.3) is 0 Å². The van der Waals surface area contributed by atoms with E-state index in [2.05, 4.69) is 18.6 Å². The molecule has 1 atom stereocenters. The Bertz CT molecular complexity index is 213. The Labute approximate surface area is 85.2 Å². The molecule has 0 rings (SSSR count). The second-order valence-corrected chi connectivity index (χ2v) is 3.89. The van der Waals surface area contributed by atoms with Crippen molar-refractivity contribution in [3.63, 3.8) is 0 Å². The van der Waals surface area contributed by atoms with E-state index in [1.54, 1.807) is 7.05 Å². The molecule has 0 heterocycles. The van der Waals surface area contributed by atoms with Gasteiger partial charge >= 0.3 is 11.9 Å². The topological polar surface area (TPSA) is 46.6 Å². The molecule has 4 nitrogen and oxygen atoms in total. The maximum Gasteiger partial charge on any atom is 0.396 e. The lowest BCUT2D eigenvalue weighted by Gasteiger charge is -2.24. The fourth-order valence-electron chi connectivity index (χ4n) is 1.27. The molecule has 1 unspecified atom stereocenters. The van der Waals surface area contributed by atoms with Gasteiger partial charge < -0.3 is 9.64 Å². The van der Waals surface area contributed by atoms with E-state index in [9.17, 15) is 9.59 Å². The van der Waals surface area contributed by atoms with E-state index in [4.69, 9.17) is 0 Å². The third-order valence-electron chi connectivity index (χ3n) is 2.15. The zero-order valence-electron chi connectivity index (χ0n) is 9.53. The van der Waals surface area contributed by atoms with E-state index in [1.807, 2.05) is 6.92 Å². The third kappa shape index (κ3) is 3.77. The van der Waals surface area contributed by atoms with Gasteiger partial charge in [0.25, 0.3) is 0 Å². The first-order chi connectivity index (χ1) is 6.40. The highest BCUT2D eigenvalue weighted by atomic mass is 16.5. The van der Waals surface area contributed by atoms with Crippen LogP contribution in [0, 0.1) is 5.92 Å². The molecule has 0 aliphatic carbocycles. The standard InChI is InChI=1S/C10H19NO3/c1-7(2)6-8(3)11(4)9(12)10(13)14-5/h7-8H,6H2,1-5H3. The predicted octanol–water partition coefficient (Wildman–Crippen LogP) is 1.05. The fraction of sp³-hybridized carbons (Fsp3) is 0.800. The lowest BCUT2D eigenvalue weighted by atomic mass is 10.0. The van der Waals surface area contributed by atoms with Crippen molar-refractivity contribution in [1.29, 1.82) is 0 Å². The molecular weight excluding hydrogens is 182 g/mol. The van der Waals surface area contributed by atoms with Crippen molar-refractivity contribution in [2.75, 3.05) is 14.2 Å². The van der Waals surface area contributed by atoms with Gasteiger partial charge in [0.05, 0.1) is 7.11 Å². The minimum Gasteiger partial charge on any atom is -0.462 e. The van der Waals surface area contributed by atoms with E-state index in [0.717, 1.165) is 6.42 Å². The van der Waals surface area contributed by atoms with Gasteiger partial charge in [0.1, 0.15) is 0 Å². The summed E-state index contributed by atoms with van der Waals surface area (Å²) in [5.41, 5.74) is 0. The van der Waals surface area contributed by atoms with Gasteiger partial charge in [-0.2, -0.15) is 0 Å². The normalized spacial score (nSPS) is 12.4. The maximum absolute atomic E-state index is 11.3. The van der Waals surface area contributed by atoms with Crippen LogP contribution in [-0.4, -0.2) is 37.0 Å². The summed E-state index contributed by atoms with van der Waals surface area (Å²) in [6.07, 6.45) is 0.874. The minimum absolute atomic E-state index is 0.0570. The molecule has 82 valence electrons. The number of hydrogen-bond acceptors (Lipinski definition) is 3. The Morgan fingerprint density at radius 2 is 1.79 bits per heavy atom. The lowest BCUT2D eigenvalue weighted by Crippen LogP contribution is -2.40. The molecule has 0 aromatic heterocycles. The summed E-state index contributed by atoms with van der Waals surface area (Å²) >= 11 is 0. The molecule has 0 bridgehead atoms. The minimum atomic E-state index is -0.803. The van der Waals surface area contributed by atoms with Gasteiger partial charge in [-0.3, -0.25) is 4.79 Å². The zero-order valence-corrected chi connectivity index (χ0v) is 9.53. The molecule has 0 aliphatic rings. The first kappa shape index (κ1) is 12.9. The Morgan fingerprint density at radius 3 is 2.14 bits per heavy atom. The van der Waals surface area contributed by atoms with E-state index in [1.165, 1.54) is 12.0 Å². The lowest BCUT2D eigenvalue weighted by molar-refractivity contribution is -0.158. The van der Waals surface area contributed by atoms with Gasteiger partial charge in [-0.05, 0) is 19.3 Å². The molecule has 0 fully saturated rings. The third-order valence-corrected chi connectivity index (χ3v) is 2.15. The summed E-state index contributed by atoms with van der Waals surface area (Å²) < 4.78 is 4.36. The summed E-state index contributed by atoms with van der Waals surface area (Å²) in [6.45, 7) is 6.07. The molecule has 0 saturated heterocycles. The quantitative estimate of drug-likeness (QED) is 0.506. The summed E-state index contributed by atoms with van der Waals surface area (Å²) in [7, 11) is 2.83. The van der Waals surface area contributed by atoms with Crippen LogP contribution in [0.4, 0.5) is 0 Å². The van der Waals surface area contributed by atoms with Crippen molar-refractivity contribution >= 4 is 11.9 Å². The van der Waals surface area contributed by atoms with Crippen molar-refractivity contribution in [3.05, 3.63) is 0 Å². The SMILES string of the molecule is COC(=O)C(=O)N(C)C(C)CC(C)C. The monoisotopic (exact) mass is 201 g/mol. The number of amides is 1. The first-order valence-corrected chi connectivity index (χ1v) is 4.75. The molecule has 0 radical (unpaired) electrons. The highest BCUT2D eigenvalue weighted by Crippen LogP contribution is 2.09. The zero-order chi connectivity index (χ0) is 11.3. The average molecular weight is 201 g/mol. The van der Waals surface area contributed by atoms with Gasteiger partial charge in [0.15, 0.2) is 0 Å². The van der Waals surface area contributed by atoms with E-state index < -0.39 is 11.9 Å². The first-order valence-electron chi connectivity index (χ1n) is 4.75. The van der Waals surface area contributed by atoms with Crippen molar-refractivity contribution in [2.24, 2.45) is 5.92 Å². The molecule has 0 spiro atoms. The van der Waals surface area contributed by atoms with Gasteiger partial charge in [0, 0.05) is 13.1 Å². The van der Waals surface area contributed by atoms with Crippen LogP contribution in [0.15, 0.2) is 0 Å². The van der Waals surface area contributed by atoms with Crippen molar-refractivity contribution in [2.45, 2.75) is 33.2 Å². The van der Waals surface area contributed by atoms with Crippen LogP contribution in [0.1, 0.15) is 27.2 Å². The Morgan fingerprint density at radius 1 is 1.29 bits per heavy atom. The Kier molecular flexibility index (Phi) is 5.20. The van der Waals surface area contributed by atoms with Crippen LogP contribution in [0.3, 0.4) is 0 Å². The molecule has 0 aromatic rings. The molecule has 1 amide bonds. The van der Waals surface area contributed by atoms with Crippen LogP contribution in [-0.2, 0) is 14.3 Å². The van der Waals surface area contributed by atoms with Gasteiger partial charge in [-0.1, -0.05) is 13.8 Å². The number of carbonyl (C=O) groups excluding carboxylic acids is 2. The number of methoxy groups -OCH3 is 1. The van der Waals surface area contributed by atoms with Gasteiger partial charge in [-0.25, -0.2) is 4.79 Å². The van der Waals surface area contributed by atoms with Gasteiger partial charge in [-0.15, -0.1) is 0 Å². The van der Waals surface area contributed by atoms with E-state index in [0.29, 0.717) is 5.92 Å². The number of carbonyl (C=O) groups is 2. The highest BCUT2D eigenvalue weighted by molar-refractivity contribution is 6.32. The Hall–Kier alpha value is -1.06. The number of rotatable bonds is 3. The van der Waals surface area contributed by atoms with Crippen molar-refractivity contribution in [1.82, 2.24) is 4.90 Å². The summed E-state index contributed by atoms with van der Waals surface area (Å²) in [5, 5.41) is 0. The van der Waals surface area contributed by atoms with Crippen molar-refractivity contribution < 1.29 is 14.3 Å². The van der Waals surface area contributed by atoms with Crippen LogP contribution >= 0.6 is 0 Å². The molecular formula is C10H19NO3. The Balaban J connectivity index is 4.24. The van der Waals surface area contributed by atoms with Crippen LogP contribution < -0.4 is 0 Å². The predicted molar refractivity (Wildman–Crippen MR) is 53.7 cm³/mol. The maximum atomic E-state index is 11.3. The summed E-state index contributed by atoms with van der Waals surface area (Å²) in [4.78, 5) is 23.7. The number of esters is 1. The number of nitrogens with zero attached hydrogens (tertiary/aromatic N) is 1. The molecule has 14 heavy (non-hydrogen) atoms. The number of hydrogen-bond donors (Lipinski definition) is 0. The van der Waals surface area contributed by atoms with Crippen LogP contribution in [0.5, 0.6) is 0 Å². The number of likely N-dealkylation sites (N-methyl/N-ethyl adjacent to an activating group) is 1. The summed E-state index contributed by atoms with van der Waals surface area (Å²) in [5.74, 6) is -0.887. The van der Waals surface area contributed by atoms with Crippen molar-refractivity contribution in [3.8, 4) is 0 Å². The van der Waals surface area contributed by atoms with E-state index >= 15 is 0 Å². The molecule has 0 aromatic carbocycles. The largest absolute Gasteiger partial charge is 0.462 e. The molecule has 4 heteroatoms. The molecule has 0 N–H and O–H groups in total. The van der Waals surface area contributed by atoms with Gasteiger partial charge in [0.2, 0.25) is 0 Å². The second-order valence-electron chi connectivity index (χ2n) is 3.89. The fourth-order valence-corrected chi connectivity index (χ4v) is 1.27. The highest BCUT2D eigenvalue weighted by Gasteiger charge is 2.23. The second kappa shape index (κ2) is 5.62. The number of ether oxygens (including phenoxy) is 1. The molecule has 0 aliphatic heterocycles. The van der Waals surface area contributed by atoms with Crippen LogP contribution in [0.2, 0.25) is 0 Å².